The van der Waals surface area contributed by atoms with E-state index in [9.17, 15) is 24.8 Å². The van der Waals surface area contributed by atoms with Crippen molar-refractivity contribution in [3.8, 4) is 0 Å². The average Bonchev–Trinajstić information content (AvgIpc) is 2.74. The van der Waals surface area contributed by atoms with Crippen LogP contribution in [0, 0.1) is 15.5 Å². The lowest BCUT2D eigenvalue weighted by molar-refractivity contribution is -0.384. The van der Waals surface area contributed by atoms with E-state index in [1.165, 1.54) is 30.5 Å². The van der Waals surface area contributed by atoms with E-state index < -0.39 is 28.1 Å². The number of benzene rings is 2. The summed E-state index contributed by atoms with van der Waals surface area (Å²) < 4.78 is 0. The van der Waals surface area contributed by atoms with Crippen molar-refractivity contribution >= 4 is 35.4 Å². The van der Waals surface area contributed by atoms with Gasteiger partial charge in [0.2, 0.25) is 0 Å². The fourth-order valence-electron chi connectivity index (χ4n) is 3.69. The molecular formula is C22H20ClN3O5. The molecule has 0 heterocycles. The van der Waals surface area contributed by atoms with Crippen molar-refractivity contribution in [1.29, 1.82) is 0 Å². The maximum atomic E-state index is 13.1. The molecule has 1 aliphatic rings. The van der Waals surface area contributed by atoms with Gasteiger partial charge in [-0.05, 0) is 55.2 Å². The summed E-state index contributed by atoms with van der Waals surface area (Å²) >= 11 is 5.97. The number of nitrogens with one attached hydrogen (secondary N) is 1. The topological polar surface area (TPSA) is 122 Å². The lowest BCUT2D eigenvalue weighted by Crippen LogP contribution is -2.50. The molecule has 0 saturated carbocycles. The molecule has 0 radical (unpaired) electrons. The van der Waals surface area contributed by atoms with E-state index in [-0.39, 0.29) is 12.1 Å². The number of aliphatic carboxylic acids is 1. The second-order valence-corrected chi connectivity index (χ2v) is 7.82. The normalized spacial score (nSPS) is 20.8. The van der Waals surface area contributed by atoms with Crippen molar-refractivity contribution < 1.29 is 19.6 Å². The smallest absolute Gasteiger partial charge is 0.320 e. The van der Waals surface area contributed by atoms with Gasteiger partial charge >= 0.3 is 5.97 Å². The number of hydrogen-bond donors (Lipinski definition) is 2. The first kappa shape index (κ1) is 22.2. The maximum Gasteiger partial charge on any atom is 0.320 e. The molecule has 2 N–H and O–H groups in total. The number of nitrogens with zero attached hydrogens (tertiary/aromatic N) is 2. The number of carbonyl (C=O) groups is 2. The molecule has 31 heavy (non-hydrogen) atoms. The molecule has 2 aromatic carbocycles. The Morgan fingerprint density at radius 1 is 1.23 bits per heavy atom. The number of nitro groups is 1. The first-order valence-electron chi connectivity index (χ1n) is 9.46. The predicted octanol–water partition coefficient (Wildman–Crippen LogP) is 4.29. The summed E-state index contributed by atoms with van der Waals surface area (Å²) in [6.45, 7) is 1.90. The second-order valence-electron chi connectivity index (χ2n) is 7.39. The molecule has 9 heteroatoms. The molecule has 0 saturated heterocycles. The highest BCUT2D eigenvalue weighted by atomic mass is 35.5. The second kappa shape index (κ2) is 9.09. The number of halogens is 1. The highest BCUT2D eigenvalue weighted by Crippen LogP contribution is 2.47. The first-order chi connectivity index (χ1) is 14.7. The van der Waals surface area contributed by atoms with Gasteiger partial charge in [0.1, 0.15) is 0 Å². The highest BCUT2D eigenvalue weighted by molar-refractivity contribution is 6.30. The van der Waals surface area contributed by atoms with Crippen LogP contribution in [-0.4, -0.2) is 28.1 Å². The van der Waals surface area contributed by atoms with Gasteiger partial charge in [0.15, 0.2) is 5.41 Å². The standard InChI is InChI=1S/C22H20ClN3O5/c1-14-10-11-22(21(28)29,19(12-14)16-4-6-17(23)7-5-16)20(27)25-24-13-15-2-8-18(9-3-15)26(30)31/h2-10,13,19H,11-12H2,1H3,(H,25,27)(H,28,29)/b24-13-/t19-,22+/m1/s1. The third-order valence-corrected chi connectivity index (χ3v) is 5.69. The molecule has 0 aromatic heterocycles. The zero-order valence-corrected chi connectivity index (χ0v) is 17.4. The number of non-ortho nitro benzene ring substituents is 1. The van der Waals surface area contributed by atoms with E-state index in [2.05, 4.69) is 10.5 Å². The van der Waals surface area contributed by atoms with Crippen LogP contribution in [0.15, 0.2) is 65.3 Å². The van der Waals surface area contributed by atoms with E-state index in [4.69, 9.17) is 11.6 Å². The Hall–Kier alpha value is -3.52. The Kier molecular flexibility index (Phi) is 6.50. The van der Waals surface area contributed by atoms with Crippen LogP contribution < -0.4 is 5.43 Å². The van der Waals surface area contributed by atoms with Crippen molar-refractivity contribution in [2.24, 2.45) is 10.5 Å². The fraction of sp³-hybridized carbons (Fsp3) is 0.227. The number of hydrazone groups is 1. The molecule has 1 amide bonds. The minimum Gasteiger partial charge on any atom is -0.480 e. The average molecular weight is 442 g/mol. The Balaban J connectivity index is 1.87. The Bertz CT molecular complexity index is 1060. The maximum absolute atomic E-state index is 13.1. The van der Waals surface area contributed by atoms with Crippen LogP contribution in [0.4, 0.5) is 5.69 Å². The van der Waals surface area contributed by atoms with E-state index >= 15 is 0 Å². The van der Waals surface area contributed by atoms with Gasteiger partial charge in [0.05, 0.1) is 11.1 Å². The Labute approximate surface area is 183 Å². The third-order valence-electron chi connectivity index (χ3n) is 5.44. The number of carboxylic acids is 1. The summed E-state index contributed by atoms with van der Waals surface area (Å²) in [4.78, 5) is 35.7. The fourth-order valence-corrected chi connectivity index (χ4v) is 3.81. The quantitative estimate of drug-likeness (QED) is 0.227. The van der Waals surface area contributed by atoms with Gasteiger partial charge in [0.25, 0.3) is 11.6 Å². The van der Waals surface area contributed by atoms with Crippen molar-refractivity contribution in [2.45, 2.75) is 25.7 Å². The van der Waals surface area contributed by atoms with Crippen molar-refractivity contribution in [1.82, 2.24) is 5.43 Å². The minimum absolute atomic E-state index is 0.0281. The molecule has 8 nitrogen and oxygen atoms in total. The monoisotopic (exact) mass is 441 g/mol. The van der Waals surface area contributed by atoms with E-state index in [0.717, 1.165) is 5.57 Å². The number of amides is 1. The van der Waals surface area contributed by atoms with Gasteiger partial charge in [-0.1, -0.05) is 35.4 Å². The van der Waals surface area contributed by atoms with Gasteiger partial charge < -0.3 is 5.11 Å². The summed E-state index contributed by atoms with van der Waals surface area (Å²) in [5.74, 6) is -2.57. The molecule has 2 atom stereocenters. The van der Waals surface area contributed by atoms with Crippen molar-refractivity contribution in [2.75, 3.05) is 0 Å². The molecule has 0 spiro atoms. The minimum atomic E-state index is -1.74. The number of allylic oxidation sites excluding steroid dienone is 2. The van der Waals surface area contributed by atoms with Gasteiger partial charge in [-0.2, -0.15) is 5.10 Å². The molecule has 160 valence electrons. The SMILES string of the molecule is CC1=CC[C@@](C(=O)O)(C(=O)N/N=C\c2ccc([N+](=O)[O-])cc2)[C@@H](c2ccc(Cl)cc2)C1. The van der Waals surface area contributed by atoms with Crippen LogP contribution in [0.25, 0.3) is 0 Å². The Morgan fingerprint density at radius 3 is 2.45 bits per heavy atom. The highest BCUT2D eigenvalue weighted by Gasteiger charge is 2.53. The summed E-state index contributed by atoms with van der Waals surface area (Å²) in [6.07, 6.45) is 3.51. The van der Waals surface area contributed by atoms with Crippen LogP contribution in [-0.2, 0) is 9.59 Å². The lowest BCUT2D eigenvalue weighted by atomic mass is 9.64. The zero-order valence-electron chi connectivity index (χ0n) is 16.6. The van der Waals surface area contributed by atoms with E-state index in [1.807, 2.05) is 6.92 Å². The number of nitro benzene ring substituents is 1. The molecule has 3 rings (SSSR count). The molecule has 2 aromatic rings. The first-order valence-corrected chi connectivity index (χ1v) is 9.84. The summed E-state index contributed by atoms with van der Waals surface area (Å²) in [6, 6.07) is 12.4. The van der Waals surface area contributed by atoms with Gasteiger partial charge in [-0.3, -0.25) is 19.7 Å². The number of rotatable bonds is 6. The van der Waals surface area contributed by atoms with Crippen LogP contribution in [0.2, 0.25) is 5.02 Å². The van der Waals surface area contributed by atoms with Crippen LogP contribution in [0.3, 0.4) is 0 Å². The van der Waals surface area contributed by atoms with Gasteiger partial charge in [0, 0.05) is 23.1 Å². The summed E-state index contributed by atoms with van der Waals surface area (Å²) in [5, 5.41) is 25.2. The van der Waals surface area contributed by atoms with Crippen LogP contribution >= 0.6 is 11.6 Å². The predicted molar refractivity (Wildman–Crippen MR) is 116 cm³/mol. The summed E-state index contributed by atoms with van der Waals surface area (Å²) in [7, 11) is 0. The van der Waals surface area contributed by atoms with Crippen LogP contribution in [0.5, 0.6) is 0 Å². The molecule has 0 fully saturated rings. The number of carboxylic acid groups (broad SMARTS) is 1. The van der Waals surface area contributed by atoms with E-state index in [1.54, 1.807) is 30.3 Å². The van der Waals surface area contributed by atoms with E-state index in [0.29, 0.717) is 22.6 Å². The van der Waals surface area contributed by atoms with Crippen LogP contribution in [0.1, 0.15) is 36.8 Å². The molecular weight excluding hydrogens is 422 g/mol. The molecule has 0 unspecified atom stereocenters. The van der Waals surface area contributed by atoms with Crippen molar-refractivity contribution in [3.05, 3.63) is 86.4 Å². The third kappa shape index (κ3) is 4.64. The Morgan fingerprint density at radius 2 is 1.87 bits per heavy atom. The van der Waals surface area contributed by atoms with Gasteiger partial charge in [-0.25, -0.2) is 5.43 Å². The largest absolute Gasteiger partial charge is 0.480 e. The van der Waals surface area contributed by atoms with Gasteiger partial charge in [-0.15, -0.1) is 0 Å². The summed E-state index contributed by atoms with van der Waals surface area (Å²) in [5.41, 5.74) is 2.76. The lowest BCUT2D eigenvalue weighted by Gasteiger charge is -2.38. The van der Waals surface area contributed by atoms with Crippen molar-refractivity contribution in [3.63, 3.8) is 0 Å². The number of hydrogen-bond acceptors (Lipinski definition) is 5. The number of carbonyl (C=O) groups excluding carboxylic acids is 1. The zero-order chi connectivity index (χ0) is 22.6. The molecule has 1 aliphatic carbocycles. The molecule has 0 bridgehead atoms. The molecule has 0 aliphatic heterocycles.